The van der Waals surface area contributed by atoms with Crippen LogP contribution in [-0.4, -0.2) is 25.8 Å². The summed E-state index contributed by atoms with van der Waals surface area (Å²) in [5.74, 6) is -0.790. The third-order valence-corrected chi connectivity index (χ3v) is 3.77. The molecule has 0 amide bonds. The van der Waals surface area contributed by atoms with Crippen molar-refractivity contribution in [1.29, 1.82) is 0 Å². The quantitative estimate of drug-likeness (QED) is 0.806. The summed E-state index contributed by atoms with van der Waals surface area (Å²) in [7, 11) is 0. The van der Waals surface area contributed by atoms with E-state index in [-0.39, 0.29) is 10.3 Å². The van der Waals surface area contributed by atoms with E-state index in [0.29, 0.717) is 10.6 Å². The maximum absolute atomic E-state index is 13.0. The largest absolute Gasteiger partial charge is 0.477 e. The molecule has 0 unspecified atom stereocenters. The lowest BCUT2D eigenvalue weighted by atomic mass is 10.3. The van der Waals surface area contributed by atoms with Gasteiger partial charge in [-0.2, -0.15) is 5.10 Å². The Morgan fingerprint density at radius 2 is 2.20 bits per heavy atom. The second kappa shape index (κ2) is 4.64. The molecule has 20 heavy (non-hydrogen) atoms. The van der Waals surface area contributed by atoms with E-state index in [1.807, 2.05) is 0 Å². The normalized spacial score (nSPS) is 11.3. The molecule has 3 aromatic heterocycles. The zero-order valence-corrected chi connectivity index (χ0v) is 10.6. The van der Waals surface area contributed by atoms with Gasteiger partial charge in [-0.25, -0.2) is 23.2 Å². The number of rotatable bonds is 3. The predicted octanol–water partition coefficient (Wildman–Crippen LogP) is 3.12. The molecule has 102 valence electrons. The summed E-state index contributed by atoms with van der Waals surface area (Å²) in [6.45, 7) is 0. The van der Waals surface area contributed by atoms with Crippen molar-refractivity contribution in [2.45, 2.75) is 6.43 Å². The van der Waals surface area contributed by atoms with Crippen molar-refractivity contribution in [3.05, 3.63) is 41.0 Å². The Kier molecular flexibility index (Phi) is 2.94. The summed E-state index contributed by atoms with van der Waals surface area (Å²) < 4.78 is 27.2. The summed E-state index contributed by atoms with van der Waals surface area (Å²) in [5.41, 5.74) is -0.436. The van der Waals surface area contributed by atoms with E-state index in [9.17, 15) is 13.6 Å². The number of hydrogen-bond donors (Lipinski definition) is 1. The van der Waals surface area contributed by atoms with E-state index in [2.05, 4.69) is 10.1 Å². The van der Waals surface area contributed by atoms with E-state index in [0.717, 1.165) is 11.3 Å². The molecule has 1 N–H and O–H groups in total. The Bertz CT molecular complexity index is 783. The fourth-order valence-corrected chi connectivity index (χ4v) is 2.80. The fourth-order valence-electron chi connectivity index (χ4n) is 1.83. The van der Waals surface area contributed by atoms with Gasteiger partial charge in [0.2, 0.25) is 0 Å². The van der Waals surface area contributed by atoms with Gasteiger partial charge in [0.1, 0.15) is 15.4 Å². The molecule has 0 fully saturated rings. The van der Waals surface area contributed by atoms with Crippen LogP contribution in [-0.2, 0) is 0 Å². The molecule has 0 aliphatic carbocycles. The number of hydrogen-bond acceptors (Lipinski definition) is 4. The highest BCUT2D eigenvalue weighted by Crippen LogP contribution is 2.34. The van der Waals surface area contributed by atoms with E-state index in [1.54, 1.807) is 18.2 Å². The van der Waals surface area contributed by atoms with Crippen LogP contribution in [0, 0.1) is 0 Å². The van der Waals surface area contributed by atoms with Gasteiger partial charge >= 0.3 is 5.97 Å². The average molecular weight is 295 g/mol. The van der Waals surface area contributed by atoms with Crippen LogP contribution in [0.3, 0.4) is 0 Å². The third kappa shape index (κ3) is 1.94. The van der Waals surface area contributed by atoms with E-state index in [4.69, 9.17) is 5.11 Å². The van der Waals surface area contributed by atoms with E-state index >= 15 is 0 Å². The first-order valence-electron chi connectivity index (χ1n) is 5.53. The highest BCUT2D eigenvalue weighted by atomic mass is 32.1. The summed E-state index contributed by atoms with van der Waals surface area (Å²) >= 11 is 0.893. The zero-order valence-electron chi connectivity index (χ0n) is 9.83. The van der Waals surface area contributed by atoms with E-state index in [1.165, 1.54) is 16.9 Å². The monoisotopic (exact) mass is 295 g/mol. The van der Waals surface area contributed by atoms with Crippen molar-refractivity contribution < 1.29 is 18.7 Å². The molecule has 0 atom stereocenters. The number of thiophene rings is 1. The van der Waals surface area contributed by atoms with Crippen LogP contribution in [0.4, 0.5) is 8.78 Å². The number of aromatic nitrogens is 3. The minimum Gasteiger partial charge on any atom is -0.477 e. The van der Waals surface area contributed by atoms with Crippen LogP contribution < -0.4 is 0 Å². The molecule has 0 saturated heterocycles. The molecule has 3 aromatic rings. The van der Waals surface area contributed by atoms with Crippen molar-refractivity contribution in [3.63, 3.8) is 0 Å². The molecule has 0 spiro atoms. The average Bonchev–Trinajstić information content (AvgIpc) is 2.97. The molecular weight excluding hydrogens is 288 g/mol. The van der Waals surface area contributed by atoms with Crippen LogP contribution in [0.15, 0.2) is 30.5 Å². The number of pyridine rings is 1. The van der Waals surface area contributed by atoms with Crippen LogP contribution in [0.2, 0.25) is 0 Å². The summed E-state index contributed by atoms with van der Waals surface area (Å²) in [6.07, 6.45) is -1.27. The highest BCUT2D eigenvalue weighted by molar-refractivity contribution is 7.20. The third-order valence-electron chi connectivity index (χ3n) is 2.67. The number of carbonyl (C=O) groups is 1. The van der Waals surface area contributed by atoms with Crippen molar-refractivity contribution >= 4 is 27.5 Å². The molecule has 0 radical (unpaired) electrons. The number of carboxylic acid groups (broad SMARTS) is 1. The molecule has 8 heteroatoms. The number of carboxylic acids is 1. The van der Waals surface area contributed by atoms with Crippen LogP contribution in [0.5, 0.6) is 0 Å². The lowest BCUT2D eigenvalue weighted by Crippen LogP contribution is -1.99. The number of nitrogens with zero attached hydrogens (tertiary/aromatic N) is 3. The molecule has 3 heterocycles. The van der Waals surface area contributed by atoms with Gasteiger partial charge in [0.15, 0.2) is 5.82 Å². The molecule has 0 aromatic carbocycles. The Morgan fingerprint density at radius 3 is 2.80 bits per heavy atom. The zero-order chi connectivity index (χ0) is 14.3. The first-order valence-corrected chi connectivity index (χ1v) is 6.35. The highest BCUT2D eigenvalue weighted by Gasteiger charge is 2.23. The van der Waals surface area contributed by atoms with Gasteiger partial charge in [0.05, 0.1) is 0 Å². The maximum atomic E-state index is 13.0. The van der Waals surface area contributed by atoms with Gasteiger partial charge in [-0.1, -0.05) is 6.07 Å². The summed E-state index contributed by atoms with van der Waals surface area (Å²) in [6, 6.07) is 6.22. The second-order valence-corrected chi connectivity index (χ2v) is 4.95. The molecular formula is C12H7F2N3O2S. The minimum absolute atomic E-state index is 0.0102. The van der Waals surface area contributed by atoms with Crippen LogP contribution in [0.25, 0.3) is 16.0 Å². The summed E-state index contributed by atoms with van der Waals surface area (Å²) in [5, 5.41) is 13.0. The van der Waals surface area contributed by atoms with Crippen LogP contribution >= 0.6 is 11.3 Å². The number of alkyl halides is 2. The second-order valence-electron chi connectivity index (χ2n) is 3.92. The van der Waals surface area contributed by atoms with Crippen molar-refractivity contribution in [2.75, 3.05) is 0 Å². The van der Waals surface area contributed by atoms with Gasteiger partial charge in [0.25, 0.3) is 6.43 Å². The molecule has 0 aliphatic heterocycles. The van der Waals surface area contributed by atoms with Gasteiger partial charge in [-0.3, -0.25) is 0 Å². The van der Waals surface area contributed by atoms with Crippen molar-refractivity contribution in [3.8, 4) is 5.82 Å². The standard InChI is InChI=1S/C12H7F2N3O2S/c13-10(14)9-6-5-7(12(18)19)20-11(6)17(16-9)8-3-1-2-4-15-8/h1-5,10H,(H,18,19). The van der Waals surface area contributed by atoms with Crippen molar-refractivity contribution in [1.82, 2.24) is 14.8 Å². The lowest BCUT2D eigenvalue weighted by molar-refractivity contribution is 0.0702. The number of aromatic carboxylic acids is 1. The lowest BCUT2D eigenvalue weighted by Gasteiger charge is -1.99. The molecule has 5 nitrogen and oxygen atoms in total. The topological polar surface area (TPSA) is 68.0 Å². The summed E-state index contributed by atoms with van der Waals surface area (Å²) in [4.78, 5) is 15.3. The van der Waals surface area contributed by atoms with Crippen molar-refractivity contribution in [2.24, 2.45) is 0 Å². The smallest absolute Gasteiger partial charge is 0.345 e. The fraction of sp³-hybridized carbons (Fsp3) is 0.0833. The molecule has 3 rings (SSSR count). The van der Waals surface area contributed by atoms with Crippen LogP contribution in [0.1, 0.15) is 21.8 Å². The Balaban J connectivity index is 2.29. The molecule has 0 saturated carbocycles. The van der Waals surface area contributed by atoms with Gasteiger partial charge < -0.3 is 5.11 Å². The Labute approximate surface area is 115 Å². The number of fused-ring (bicyclic) bond motifs is 1. The van der Waals surface area contributed by atoms with Gasteiger partial charge in [-0.05, 0) is 18.2 Å². The maximum Gasteiger partial charge on any atom is 0.345 e. The van der Waals surface area contributed by atoms with E-state index < -0.39 is 18.1 Å². The minimum atomic E-state index is -2.78. The first kappa shape index (κ1) is 12.7. The molecule has 0 bridgehead atoms. The Morgan fingerprint density at radius 1 is 1.40 bits per heavy atom. The first-order chi connectivity index (χ1) is 9.58. The van der Waals surface area contributed by atoms with Gasteiger partial charge in [-0.15, -0.1) is 11.3 Å². The predicted molar refractivity (Wildman–Crippen MR) is 68.7 cm³/mol. The SMILES string of the molecule is O=C(O)c1cc2c(C(F)F)nn(-c3ccccn3)c2s1. The molecule has 0 aliphatic rings. The Hall–Kier alpha value is -2.35. The van der Waals surface area contributed by atoms with Gasteiger partial charge in [0, 0.05) is 11.6 Å². The number of halogens is 2.